The third-order valence-electron chi connectivity index (χ3n) is 5.70. The fourth-order valence-corrected chi connectivity index (χ4v) is 4.14. The quantitative estimate of drug-likeness (QED) is 0.423. The highest BCUT2D eigenvalue weighted by Gasteiger charge is 2.35. The van der Waals surface area contributed by atoms with E-state index in [0.29, 0.717) is 33.8 Å². The summed E-state index contributed by atoms with van der Waals surface area (Å²) in [6.45, 7) is 1.74. The van der Waals surface area contributed by atoms with Crippen LogP contribution in [0.15, 0.2) is 40.0 Å². The predicted octanol–water partition coefficient (Wildman–Crippen LogP) is 5.79. The highest BCUT2D eigenvalue weighted by Crippen LogP contribution is 2.39. The average Bonchev–Trinajstić information content (AvgIpc) is 3.46. The van der Waals surface area contributed by atoms with Crippen LogP contribution in [0, 0.1) is 19.8 Å². The van der Waals surface area contributed by atoms with Gasteiger partial charge in [0.1, 0.15) is 5.76 Å². The molecule has 0 amide bonds. The maximum atomic E-state index is 13.7. The first-order valence-corrected chi connectivity index (χ1v) is 9.89. The predicted molar refractivity (Wildman–Crippen MR) is 107 cm³/mol. The van der Waals surface area contributed by atoms with Crippen molar-refractivity contribution < 1.29 is 20.5 Å². The molecule has 0 aromatic carbocycles. The number of pyridine rings is 1. The topological polar surface area (TPSA) is 69.9 Å². The number of oxazole rings is 1. The SMILES string of the molecule is [2H]C([2H])(C1CCC(F)(F)CC1)n1cc(-c2cnco2)c2ncc(-c3c(C)noc3C)cc21. The summed E-state index contributed by atoms with van der Waals surface area (Å²) in [5.41, 5.74) is 3.91. The van der Waals surface area contributed by atoms with Gasteiger partial charge in [-0.05, 0) is 38.7 Å². The number of halogens is 2. The molecule has 0 atom stereocenters. The number of hydrogen-bond donors (Lipinski definition) is 0. The second-order valence-corrected chi connectivity index (χ2v) is 7.83. The first-order valence-electron chi connectivity index (χ1n) is 10.9. The molecule has 1 saturated carbocycles. The Morgan fingerprint density at radius 2 is 2.07 bits per heavy atom. The van der Waals surface area contributed by atoms with Crippen LogP contribution in [0.4, 0.5) is 8.78 Å². The van der Waals surface area contributed by atoms with Gasteiger partial charge >= 0.3 is 0 Å². The van der Waals surface area contributed by atoms with Gasteiger partial charge in [-0.1, -0.05) is 5.16 Å². The molecular formula is C22H22F2N4O2. The number of hydrogen-bond acceptors (Lipinski definition) is 5. The van der Waals surface area contributed by atoms with E-state index in [2.05, 4.69) is 15.1 Å². The number of rotatable bonds is 4. The second-order valence-electron chi connectivity index (χ2n) is 7.83. The van der Waals surface area contributed by atoms with E-state index in [-0.39, 0.29) is 25.7 Å². The third kappa shape index (κ3) is 3.30. The smallest absolute Gasteiger partial charge is 0.248 e. The van der Waals surface area contributed by atoms with Crippen LogP contribution >= 0.6 is 0 Å². The Morgan fingerprint density at radius 1 is 1.27 bits per heavy atom. The molecule has 0 unspecified atom stereocenters. The molecule has 0 saturated heterocycles. The average molecular weight is 414 g/mol. The summed E-state index contributed by atoms with van der Waals surface area (Å²) in [5.74, 6) is -2.19. The zero-order valence-corrected chi connectivity index (χ0v) is 16.7. The molecular weight excluding hydrogens is 390 g/mol. The minimum atomic E-state index is -2.73. The minimum Gasteiger partial charge on any atom is -0.443 e. The van der Waals surface area contributed by atoms with Crippen LogP contribution < -0.4 is 0 Å². The first-order chi connectivity index (χ1) is 15.2. The fourth-order valence-electron chi connectivity index (χ4n) is 4.14. The van der Waals surface area contributed by atoms with Gasteiger partial charge in [-0.15, -0.1) is 0 Å². The van der Waals surface area contributed by atoms with Crippen molar-refractivity contribution in [2.24, 2.45) is 5.92 Å². The molecule has 0 N–H and O–H groups in total. The summed E-state index contributed by atoms with van der Waals surface area (Å²) >= 11 is 0. The summed E-state index contributed by atoms with van der Waals surface area (Å²) < 4.78 is 57.5. The van der Waals surface area contributed by atoms with Crippen LogP contribution in [0.25, 0.3) is 33.5 Å². The zero-order valence-electron chi connectivity index (χ0n) is 18.7. The molecule has 0 radical (unpaired) electrons. The van der Waals surface area contributed by atoms with Crippen molar-refractivity contribution in [3.63, 3.8) is 0 Å². The molecule has 0 bridgehead atoms. The molecule has 156 valence electrons. The molecule has 8 heteroatoms. The standard InChI is InChI=1S/C22H22F2N4O2/c1-13-20(14(2)30-27-13)16-7-18-21(26-8-16)17(19-9-25-12-29-19)11-28(18)10-15-3-5-22(23,24)6-4-15/h7-9,11-12,15H,3-6,10H2,1-2H3/i10D2. The molecule has 0 spiro atoms. The van der Waals surface area contributed by atoms with Gasteiger partial charge < -0.3 is 13.5 Å². The Labute approximate surface area is 174 Å². The van der Waals surface area contributed by atoms with Gasteiger partial charge in [0.05, 0.1) is 31.2 Å². The maximum Gasteiger partial charge on any atom is 0.248 e. The van der Waals surface area contributed by atoms with Crippen molar-refractivity contribution in [1.29, 1.82) is 0 Å². The van der Waals surface area contributed by atoms with Crippen LogP contribution in [-0.2, 0) is 6.50 Å². The van der Waals surface area contributed by atoms with Crippen molar-refractivity contribution in [2.45, 2.75) is 52.0 Å². The summed E-state index contributed by atoms with van der Waals surface area (Å²) in [6.07, 6.45) is 5.76. The Kier molecular flexibility index (Phi) is 3.92. The van der Waals surface area contributed by atoms with Gasteiger partial charge in [0, 0.05) is 42.9 Å². The van der Waals surface area contributed by atoms with Gasteiger partial charge in [-0.25, -0.2) is 13.8 Å². The van der Waals surface area contributed by atoms with E-state index in [1.165, 1.54) is 11.0 Å². The van der Waals surface area contributed by atoms with Crippen molar-refractivity contribution in [2.75, 3.05) is 0 Å². The van der Waals surface area contributed by atoms with Crippen LogP contribution in [0.5, 0.6) is 0 Å². The second kappa shape index (κ2) is 7.04. The van der Waals surface area contributed by atoms with E-state index in [4.69, 9.17) is 11.7 Å². The fraction of sp³-hybridized carbons (Fsp3) is 0.409. The Bertz CT molecular complexity index is 1250. The molecule has 0 aliphatic heterocycles. The van der Waals surface area contributed by atoms with E-state index in [9.17, 15) is 8.78 Å². The van der Waals surface area contributed by atoms with Crippen LogP contribution in [0.2, 0.25) is 0 Å². The van der Waals surface area contributed by atoms with Gasteiger partial charge in [0.15, 0.2) is 12.2 Å². The summed E-state index contributed by atoms with van der Waals surface area (Å²) in [6, 6.07) is 1.84. The first kappa shape index (κ1) is 16.7. The Morgan fingerprint density at radius 3 is 2.73 bits per heavy atom. The van der Waals surface area contributed by atoms with E-state index in [0.717, 1.165) is 11.1 Å². The molecule has 1 aliphatic carbocycles. The highest BCUT2D eigenvalue weighted by atomic mass is 19.3. The Balaban J connectivity index is 1.68. The summed E-state index contributed by atoms with van der Waals surface area (Å²) in [7, 11) is 0. The van der Waals surface area contributed by atoms with E-state index < -0.39 is 18.3 Å². The van der Waals surface area contributed by atoms with Crippen LogP contribution in [-0.4, -0.2) is 25.6 Å². The maximum absolute atomic E-state index is 13.7. The number of aromatic nitrogens is 4. The van der Waals surface area contributed by atoms with Crippen molar-refractivity contribution in [3.8, 4) is 22.5 Å². The van der Waals surface area contributed by atoms with E-state index in [1.54, 1.807) is 25.5 Å². The number of nitrogens with zero attached hydrogens (tertiary/aromatic N) is 4. The zero-order chi connectivity index (χ0) is 22.7. The molecule has 4 aromatic rings. The monoisotopic (exact) mass is 414 g/mol. The van der Waals surface area contributed by atoms with E-state index >= 15 is 0 Å². The van der Waals surface area contributed by atoms with E-state index in [1.807, 2.05) is 13.0 Å². The number of aryl methyl sites for hydroxylation is 2. The van der Waals surface area contributed by atoms with Crippen molar-refractivity contribution in [3.05, 3.63) is 42.5 Å². The lowest BCUT2D eigenvalue weighted by Crippen LogP contribution is -2.26. The molecule has 1 aliphatic rings. The van der Waals surface area contributed by atoms with Gasteiger partial charge in [0.2, 0.25) is 5.92 Å². The lowest BCUT2D eigenvalue weighted by atomic mass is 9.87. The lowest BCUT2D eigenvalue weighted by Gasteiger charge is -2.28. The van der Waals surface area contributed by atoms with Crippen LogP contribution in [0.3, 0.4) is 0 Å². The number of fused-ring (bicyclic) bond motifs is 1. The van der Waals surface area contributed by atoms with Crippen molar-refractivity contribution in [1.82, 2.24) is 19.7 Å². The van der Waals surface area contributed by atoms with Crippen LogP contribution in [0.1, 0.15) is 39.9 Å². The molecule has 4 heterocycles. The lowest BCUT2D eigenvalue weighted by molar-refractivity contribution is -0.0472. The third-order valence-corrected chi connectivity index (χ3v) is 5.70. The van der Waals surface area contributed by atoms with Gasteiger partial charge in [0.25, 0.3) is 0 Å². The molecule has 30 heavy (non-hydrogen) atoms. The van der Waals surface area contributed by atoms with Gasteiger partial charge in [-0.2, -0.15) is 0 Å². The summed E-state index contributed by atoms with van der Waals surface area (Å²) in [5, 5.41) is 4.00. The van der Waals surface area contributed by atoms with Crippen molar-refractivity contribution >= 4 is 11.0 Å². The largest absolute Gasteiger partial charge is 0.443 e. The molecule has 5 rings (SSSR count). The van der Waals surface area contributed by atoms with Gasteiger partial charge in [-0.3, -0.25) is 4.98 Å². The molecule has 1 fully saturated rings. The molecule has 6 nitrogen and oxygen atoms in total. The highest BCUT2D eigenvalue weighted by molar-refractivity contribution is 5.93. The normalized spacial score (nSPS) is 18.5. The summed E-state index contributed by atoms with van der Waals surface area (Å²) in [4.78, 5) is 8.58. The minimum absolute atomic E-state index is 0.105. The molecule has 4 aromatic heterocycles. The number of alkyl halides is 2. The Hall–Kier alpha value is -3.03.